The summed E-state index contributed by atoms with van der Waals surface area (Å²) < 4.78 is 4.54. The predicted octanol–water partition coefficient (Wildman–Crippen LogP) is 2.22. The number of amides is 1. The van der Waals surface area contributed by atoms with Gasteiger partial charge in [-0.1, -0.05) is 17.7 Å². The Labute approximate surface area is 129 Å². The first-order valence-electron chi connectivity index (χ1n) is 5.81. The van der Waals surface area contributed by atoms with E-state index in [2.05, 4.69) is 15.0 Å². The SMILES string of the molecule is COC(=O)c1csc(CNC(=O)c2c(O)cccc2Cl)n1. The quantitative estimate of drug-likeness (QED) is 0.841. The molecule has 2 rings (SSSR count). The second-order valence-corrected chi connectivity index (χ2v) is 5.28. The third-order valence-corrected chi connectivity index (χ3v) is 3.73. The van der Waals surface area contributed by atoms with Gasteiger partial charge < -0.3 is 15.2 Å². The van der Waals surface area contributed by atoms with Gasteiger partial charge in [0.2, 0.25) is 0 Å². The van der Waals surface area contributed by atoms with Crippen molar-refractivity contribution in [2.75, 3.05) is 7.11 Å². The molecular weight excluding hydrogens is 316 g/mol. The van der Waals surface area contributed by atoms with E-state index < -0.39 is 11.9 Å². The highest BCUT2D eigenvalue weighted by Crippen LogP contribution is 2.25. The second-order valence-electron chi connectivity index (χ2n) is 3.93. The van der Waals surface area contributed by atoms with Crippen LogP contribution < -0.4 is 5.32 Å². The molecule has 21 heavy (non-hydrogen) atoms. The standard InChI is InChI=1S/C13H11ClN2O4S/c1-20-13(19)8-6-21-10(16-8)5-15-12(18)11-7(14)3-2-4-9(11)17/h2-4,6,17H,5H2,1H3,(H,15,18). The zero-order valence-corrected chi connectivity index (χ0v) is 12.5. The van der Waals surface area contributed by atoms with Gasteiger partial charge >= 0.3 is 5.97 Å². The van der Waals surface area contributed by atoms with Crippen LogP contribution in [-0.2, 0) is 11.3 Å². The number of nitrogens with zero attached hydrogens (tertiary/aromatic N) is 1. The molecule has 0 aliphatic carbocycles. The van der Waals surface area contributed by atoms with Gasteiger partial charge in [0, 0.05) is 5.38 Å². The summed E-state index contributed by atoms with van der Waals surface area (Å²) in [6, 6.07) is 4.42. The maximum atomic E-state index is 12.0. The summed E-state index contributed by atoms with van der Waals surface area (Å²) in [4.78, 5) is 27.3. The lowest BCUT2D eigenvalue weighted by Gasteiger charge is -2.07. The summed E-state index contributed by atoms with van der Waals surface area (Å²) in [5.41, 5.74) is 0.191. The summed E-state index contributed by atoms with van der Waals surface area (Å²) in [7, 11) is 1.27. The van der Waals surface area contributed by atoms with Gasteiger partial charge in [-0.15, -0.1) is 11.3 Å². The van der Waals surface area contributed by atoms with Crippen molar-refractivity contribution >= 4 is 34.8 Å². The third-order valence-electron chi connectivity index (χ3n) is 2.57. The van der Waals surface area contributed by atoms with Gasteiger partial charge in [-0.3, -0.25) is 4.79 Å². The van der Waals surface area contributed by atoms with E-state index in [1.165, 1.54) is 36.6 Å². The molecule has 0 saturated heterocycles. The zero-order chi connectivity index (χ0) is 15.4. The molecule has 0 bridgehead atoms. The van der Waals surface area contributed by atoms with Crippen LogP contribution in [0.1, 0.15) is 25.9 Å². The highest BCUT2D eigenvalue weighted by atomic mass is 35.5. The van der Waals surface area contributed by atoms with Crippen LogP contribution in [-0.4, -0.2) is 29.1 Å². The van der Waals surface area contributed by atoms with Crippen molar-refractivity contribution in [2.24, 2.45) is 0 Å². The number of aromatic nitrogens is 1. The number of halogens is 1. The van der Waals surface area contributed by atoms with E-state index in [1.54, 1.807) is 5.38 Å². The molecule has 0 radical (unpaired) electrons. The first-order valence-corrected chi connectivity index (χ1v) is 7.07. The minimum Gasteiger partial charge on any atom is -0.507 e. The Kier molecular flexibility index (Phi) is 4.77. The Morgan fingerprint density at radius 1 is 1.48 bits per heavy atom. The number of carbonyl (C=O) groups excluding carboxylic acids is 2. The van der Waals surface area contributed by atoms with Crippen LogP contribution in [0, 0.1) is 0 Å². The molecule has 1 amide bonds. The van der Waals surface area contributed by atoms with Crippen molar-refractivity contribution in [2.45, 2.75) is 6.54 Å². The highest BCUT2D eigenvalue weighted by Gasteiger charge is 2.16. The molecule has 2 aromatic rings. The van der Waals surface area contributed by atoms with E-state index in [-0.39, 0.29) is 28.6 Å². The average molecular weight is 327 g/mol. The Bertz CT molecular complexity index is 666. The molecule has 0 atom stereocenters. The number of rotatable bonds is 4. The molecule has 0 aliphatic rings. The largest absolute Gasteiger partial charge is 0.507 e. The van der Waals surface area contributed by atoms with Crippen LogP contribution in [0.4, 0.5) is 0 Å². The molecule has 0 saturated carbocycles. The lowest BCUT2D eigenvalue weighted by atomic mass is 10.2. The number of thiazole rings is 1. The average Bonchev–Trinajstić information content (AvgIpc) is 2.93. The molecule has 0 unspecified atom stereocenters. The second kappa shape index (κ2) is 6.55. The van der Waals surface area contributed by atoms with Crippen molar-refractivity contribution in [1.29, 1.82) is 0 Å². The molecule has 0 aliphatic heterocycles. The minimum atomic E-state index is -0.535. The first kappa shape index (κ1) is 15.3. The number of ether oxygens (including phenoxy) is 1. The fourth-order valence-electron chi connectivity index (χ4n) is 1.57. The number of nitrogens with one attached hydrogen (secondary N) is 1. The Morgan fingerprint density at radius 3 is 2.90 bits per heavy atom. The van der Waals surface area contributed by atoms with E-state index in [9.17, 15) is 14.7 Å². The minimum absolute atomic E-state index is 0.00362. The van der Waals surface area contributed by atoms with Crippen molar-refractivity contribution in [3.05, 3.63) is 44.9 Å². The van der Waals surface area contributed by atoms with Crippen molar-refractivity contribution in [3.63, 3.8) is 0 Å². The molecule has 1 aromatic carbocycles. The molecule has 0 fully saturated rings. The number of phenols is 1. The molecule has 110 valence electrons. The summed E-state index contributed by atoms with van der Waals surface area (Å²) in [6.07, 6.45) is 0. The van der Waals surface area contributed by atoms with Gasteiger partial charge in [0.05, 0.1) is 24.2 Å². The monoisotopic (exact) mass is 326 g/mol. The Balaban J connectivity index is 2.04. The highest BCUT2D eigenvalue weighted by molar-refractivity contribution is 7.09. The van der Waals surface area contributed by atoms with Gasteiger partial charge in [0.25, 0.3) is 5.91 Å². The molecule has 8 heteroatoms. The van der Waals surface area contributed by atoms with Crippen molar-refractivity contribution in [1.82, 2.24) is 10.3 Å². The van der Waals surface area contributed by atoms with Crippen LogP contribution >= 0.6 is 22.9 Å². The lowest BCUT2D eigenvalue weighted by molar-refractivity contribution is 0.0594. The number of carbonyl (C=O) groups is 2. The summed E-state index contributed by atoms with van der Waals surface area (Å²) >= 11 is 7.09. The van der Waals surface area contributed by atoms with Crippen LogP contribution in [0.15, 0.2) is 23.6 Å². The van der Waals surface area contributed by atoms with E-state index in [1.807, 2.05) is 0 Å². The fourth-order valence-corrected chi connectivity index (χ4v) is 2.53. The predicted molar refractivity (Wildman–Crippen MR) is 77.7 cm³/mol. The molecule has 2 N–H and O–H groups in total. The van der Waals surface area contributed by atoms with Crippen molar-refractivity contribution in [3.8, 4) is 5.75 Å². The lowest BCUT2D eigenvalue weighted by Crippen LogP contribution is -2.23. The first-order chi connectivity index (χ1) is 10.0. The van der Waals surface area contributed by atoms with Crippen LogP contribution in [0.3, 0.4) is 0 Å². The number of benzene rings is 1. The topological polar surface area (TPSA) is 88.5 Å². The van der Waals surface area contributed by atoms with E-state index in [4.69, 9.17) is 11.6 Å². The fraction of sp³-hybridized carbons (Fsp3) is 0.154. The Morgan fingerprint density at radius 2 is 2.24 bits per heavy atom. The summed E-state index contributed by atoms with van der Waals surface area (Å²) in [5, 5.41) is 14.5. The maximum absolute atomic E-state index is 12.0. The Hall–Kier alpha value is -2.12. The number of methoxy groups -OCH3 is 1. The van der Waals surface area contributed by atoms with Gasteiger partial charge in [-0.25, -0.2) is 9.78 Å². The summed E-state index contributed by atoms with van der Waals surface area (Å²) in [6.45, 7) is 0.116. The number of hydrogen-bond acceptors (Lipinski definition) is 6. The van der Waals surface area contributed by atoms with Crippen molar-refractivity contribution < 1.29 is 19.4 Å². The van der Waals surface area contributed by atoms with Gasteiger partial charge in [0.15, 0.2) is 5.69 Å². The molecule has 0 spiro atoms. The zero-order valence-electron chi connectivity index (χ0n) is 10.9. The van der Waals surface area contributed by atoms with E-state index in [0.29, 0.717) is 5.01 Å². The third kappa shape index (κ3) is 3.50. The molecule has 1 heterocycles. The molecule has 1 aromatic heterocycles. The van der Waals surface area contributed by atoms with Crippen LogP contribution in [0.25, 0.3) is 0 Å². The number of aromatic hydroxyl groups is 1. The molecular formula is C13H11ClN2O4S. The normalized spacial score (nSPS) is 10.2. The summed E-state index contributed by atoms with van der Waals surface area (Å²) in [5.74, 6) is -1.25. The number of esters is 1. The van der Waals surface area contributed by atoms with Gasteiger partial charge in [-0.2, -0.15) is 0 Å². The van der Waals surface area contributed by atoms with E-state index >= 15 is 0 Å². The van der Waals surface area contributed by atoms with Gasteiger partial charge in [-0.05, 0) is 12.1 Å². The smallest absolute Gasteiger partial charge is 0.357 e. The maximum Gasteiger partial charge on any atom is 0.357 e. The van der Waals surface area contributed by atoms with E-state index in [0.717, 1.165) is 0 Å². The van der Waals surface area contributed by atoms with Crippen LogP contribution in [0.2, 0.25) is 5.02 Å². The van der Waals surface area contributed by atoms with Crippen LogP contribution in [0.5, 0.6) is 5.75 Å². The number of phenolic OH excluding ortho intramolecular Hbond substituents is 1. The number of hydrogen-bond donors (Lipinski definition) is 2. The van der Waals surface area contributed by atoms with Gasteiger partial charge in [0.1, 0.15) is 10.8 Å². The molecule has 6 nitrogen and oxygen atoms in total.